The van der Waals surface area contributed by atoms with Gasteiger partial charge in [0.15, 0.2) is 0 Å². The van der Waals surface area contributed by atoms with Crippen LogP contribution < -0.4 is 10.6 Å². The van der Waals surface area contributed by atoms with Gasteiger partial charge in [-0.2, -0.15) is 0 Å². The molecule has 2 N–H and O–H groups in total. The van der Waals surface area contributed by atoms with Gasteiger partial charge < -0.3 is 20.3 Å². The van der Waals surface area contributed by atoms with Crippen LogP contribution in [0.1, 0.15) is 12.8 Å². The Hall–Kier alpha value is -0.650. The Morgan fingerprint density at radius 3 is 2.65 bits per heavy atom. The minimum Gasteiger partial charge on any atom is -0.384 e. The molecule has 17 heavy (non-hydrogen) atoms. The molecule has 1 fully saturated rings. The molecule has 0 aromatic rings. The second-order valence-corrected chi connectivity index (χ2v) is 4.79. The van der Waals surface area contributed by atoms with E-state index in [-0.39, 0.29) is 11.3 Å². The van der Waals surface area contributed by atoms with Crippen molar-refractivity contribution in [2.75, 3.05) is 54.0 Å². The van der Waals surface area contributed by atoms with E-state index in [1.807, 2.05) is 19.0 Å². The molecule has 0 atom stereocenters. The zero-order valence-corrected chi connectivity index (χ0v) is 11.2. The molecular formula is C12H25N3O2. The van der Waals surface area contributed by atoms with E-state index in [1.54, 1.807) is 7.11 Å². The van der Waals surface area contributed by atoms with Gasteiger partial charge in [-0.1, -0.05) is 0 Å². The molecule has 1 heterocycles. The van der Waals surface area contributed by atoms with Gasteiger partial charge in [0, 0.05) is 27.2 Å². The Morgan fingerprint density at radius 2 is 2.12 bits per heavy atom. The van der Waals surface area contributed by atoms with Crippen molar-refractivity contribution >= 4 is 5.91 Å². The maximum atomic E-state index is 12.5. The summed E-state index contributed by atoms with van der Waals surface area (Å²) in [5.74, 6) is 0.219. The Kier molecular flexibility index (Phi) is 5.88. The van der Waals surface area contributed by atoms with Crippen molar-refractivity contribution in [1.82, 2.24) is 15.5 Å². The first kappa shape index (κ1) is 14.4. The Bertz CT molecular complexity index is 234. The largest absolute Gasteiger partial charge is 0.384 e. The molecule has 0 bridgehead atoms. The van der Waals surface area contributed by atoms with Crippen LogP contribution in [0.2, 0.25) is 0 Å². The molecule has 5 nitrogen and oxygen atoms in total. The van der Waals surface area contributed by atoms with E-state index in [1.165, 1.54) is 0 Å². The zero-order chi connectivity index (χ0) is 12.7. The van der Waals surface area contributed by atoms with Crippen LogP contribution in [0.25, 0.3) is 0 Å². The normalized spacial score (nSPS) is 19.0. The van der Waals surface area contributed by atoms with Gasteiger partial charge in [-0.05, 0) is 33.0 Å². The lowest BCUT2D eigenvalue weighted by Crippen LogP contribution is -2.51. The summed E-state index contributed by atoms with van der Waals surface area (Å²) in [7, 11) is 5.44. The van der Waals surface area contributed by atoms with Crippen LogP contribution in [0.15, 0.2) is 0 Å². The predicted molar refractivity (Wildman–Crippen MR) is 68.0 cm³/mol. The van der Waals surface area contributed by atoms with Crippen molar-refractivity contribution in [2.45, 2.75) is 12.8 Å². The molecule has 0 aromatic heterocycles. The van der Waals surface area contributed by atoms with Crippen molar-refractivity contribution < 1.29 is 9.53 Å². The summed E-state index contributed by atoms with van der Waals surface area (Å²) in [6, 6.07) is 0. The number of hydrogen-bond donors (Lipinski definition) is 2. The Morgan fingerprint density at radius 1 is 1.47 bits per heavy atom. The SMILES string of the molecule is CNCCN(C)C(=O)C1(COC)CCNCC1. The number of rotatable bonds is 6. The summed E-state index contributed by atoms with van der Waals surface area (Å²) in [5, 5.41) is 6.36. The highest BCUT2D eigenvalue weighted by molar-refractivity contribution is 5.82. The average Bonchev–Trinajstić information content (AvgIpc) is 2.36. The van der Waals surface area contributed by atoms with Crippen LogP contribution in [0.5, 0.6) is 0 Å². The third-order valence-electron chi connectivity index (χ3n) is 3.48. The number of methoxy groups -OCH3 is 1. The molecule has 0 spiro atoms. The number of piperidine rings is 1. The minimum atomic E-state index is -0.317. The van der Waals surface area contributed by atoms with Crippen LogP contribution in [-0.4, -0.2) is 64.8 Å². The number of carbonyl (C=O) groups is 1. The molecular weight excluding hydrogens is 218 g/mol. The number of carbonyl (C=O) groups excluding carboxylic acids is 1. The standard InChI is InChI=1S/C12H25N3O2/c1-13-8-9-15(2)11(16)12(10-17-3)4-6-14-7-5-12/h13-14H,4-10H2,1-3H3. The lowest BCUT2D eigenvalue weighted by molar-refractivity contribution is -0.146. The van der Waals surface area contributed by atoms with Crippen LogP contribution in [0.3, 0.4) is 0 Å². The van der Waals surface area contributed by atoms with Gasteiger partial charge >= 0.3 is 0 Å². The van der Waals surface area contributed by atoms with Gasteiger partial charge in [-0.15, -0.1) is 0 Å². The van der Waals surface area contributed by atoms with Gasteiger partial charge in [0.2, 0.25) is 5.91 Å². The maximum Gasteiger partial charge on any atom is 0.231 e. The zero-order valence-electron chi connectivity index (χ0n) is 11.2. The fourth-order valence-electron chi connectivity index (χ4n) is 2.39. The van der Waals surface area contributed by atoms with Crippen molar-refractivity contribution in [2.24, 2.45) is 5.41 Å². The lowest BCUT2D eigenvalue weighted by atomic mass is 9.78. The minimum absolute atomic E-state index is 0.219. The topological polar surface area (TPSA) is 53.6 Å². The molecule has 1 rings (SSSR count). The number of ether oxygens (including phenoxy) is 1. The fraction of sp³-hybridized carbons (Fsp3) is 0.917. The van der Waals surface area contributed by atoms with E-state index in [0.717, 1.165) is 39.0 Å². The van der Waals surface area contributed by atoms with Crippen molar-refractivity contribution in [3.8, 4) is 0 Å². The first-order valence-corrected chi connectivity index (χ1v) is 6.26. The molecule has 1 aliphatic rings. The van der Waals surface area contributed by atoms with E-state index in [9.17, 15) is 4.79 Å². The van der Waals surface area contributed by atoms with Crippen molar-refractivity contribution in [1.29, 1.82) is 0 Å². The molecule has 0 radical (unpaired) electrons. The predicted octanol–water partition coefficient (Wildman–Crippen LogP) is -0.320. The molecule has 0 unspecified atom stereocenters. The van der Waals surface area contributed by atoms with Crippen LogP contribution in [0, 0.1) is 5.41 Å². The summed E-state index contributed by atoms with van der Waals surface area (Å²) < 4.78 is 5.27. The van der Waals surface area contributed by atoms with E-state index < -0.39 is 0 Å². The van der Waals surface area contributed by atoms with Crippen LogP contribution in [0.4, 0.5) is 0 Å². The molecule has 0 aromatic carbocycles. The molecule has 1 saturated heterocycles. The summed E-state index contributed by atoms with van der Waals surface area (Å²) in [6.07, 6.45) is 1.73. The Labute approximate surface area is 104 Å². The lowest BCUT2D eigenvalue weighted by Gasteiger charge is -2.38. The number of amides is 1. The summed E-state index contributed by atoms with van der Waals surface area (Å²) in [6.45, 7) is 3.89. The third kappa shape index (κ3) is 3.66. The second-order valence-electron chi connectivity index (χ2n) is 4.79. The molecule has 100 valence electrons. The van der Waals surface area contributed by atoms with Gasteiger partial charge in [0.1, 0.15) is 0 Å². The van der Waals surface area contributed by atoms with Crippen LogP contribution >= 0.6 is 0 Å². The molecule has 5 heteroatoms. The van der Waals surface area contributed by atoms with Crippen molar-refractivity contribution in [3.05, 3.63) is 0 Å². The van der Waals surface area contributed by atoms with Crippen LogP contribution in [-0.2, 0) is 9.53 Å². The Balaban J connectivity index is 2.65. The smallest absolute Gasteiger partial charge is 0.231 e. The van der Waals surface area contributed by atoms with Crippen molar-refractivity contribution in [3.63, 3.8) is 0 Å². The first-order valence-electron chi connectivity index (χ1n) is 6.26. The number of hydrogen-bond acceptors (Lipinski definition) is 4. The van der Waals surface area contributed by atoms with E-state index >= 15 is 0 Å². The highest BCUT2D eigenvalue weighted by atomic mass is 16.5. The summed E-state index contributed by atoms with van der Waals surface area (Å²) in [4.78, 5) is 14.3. The highest BCUT2D eigenvalue weighted by Gasteiger charge is 2.41. The highest BCUT2D eigenvalue weighted by Crippen LogP contribution is 2.31. The molecule has 0 aliphatic carbocycles. The first-order chi connectivity index (χ1) is 8.16. The summed E-state index contributed by atoms with van der Waals surface area (Å²) in [5.41, 5.74) is -0.317. The van der Waals surface area contributed by atoms with Gasteiger partial charge in [0.25, 0.3) is 0 Å². The summed E-state index contributed by atoms with van der Waals surface area (Å²) >= 11 is 0. The van der Waals surface area contributed by atoms with E-state index in [2.05, 4.69) is 10.6 Å². The quantitative estimate of drug-likeness (QED) is 0.671. The molecule has 1 amide bonds. The number of nitrogens with zero attached hydrogens (tertiary/aromatic N) is 1. The third-order valence-corrected chi connectivity index (χ3v) is 3.48. The number of likely N-dealkylation sites (N-methyl/N-ethyl adjacent to an activating group) is 2. The molecule has 0 saturated carbocycles. The van der Waals surface area contributed by atoms with E-state index in [0.29, 0.717) is 6.61 Å². The van der Waals surface area contributed by atoms with Gasteiger partial charge in [-0.3, -0.25) is 4.79 Å². The fourth-order valence-corrected chi connectivity index (χ4v) is 2.39. The average molecular weight is 243 g/mol. The second kappa shape index (κ2) is 6.93. The monoisotopic (exact) mass is 243 g/mol. The number of nitrogens with one attached hydrogen (secondary N) is 2. The van der Waals surface area contributed by atoms with E-state index in [4.69, 9.17) is 4.74 Å². The maximum absolute atomic E-state index is 12.5. The van der Waals surface area contributed by atoms with Gasteiger partial charge in [-0.25, -0.2) is 0 Å². The van der Waals surface area contributed by atoms with Gasteiger partial charge in [0.05, 0.1) is 12.0 Å². The molecule has 1 aliphatic heterocycles.